The molecule has 1 aliphatic heterocycles. The number of aromatic amines is 1. The maximum absolute atomic E-state index is 13.5. The van der Waals surface area contributed by atoms with Crippen molar-refractivity contribution in [1.29, 1.82) is 0 Å². The highest BCUT2D eigenvalue weighted by molar-refractivity contribution is 5.87. The number of benzene rings is 5. The molecule has 1 aliphatic carbocycles. The molecule has 1 aromatic heterocycles. The zero-order valence-electron chi connectivity index (χ0n) is 29.8. The fraction of sp³-hybridized carbons (Fsp3) is 0.200. The number of ether oxygens (including phenoxy) is 4. The highest BCUT2D eigenvalue weighted by Gasteiger charge is 2.42. The fourth-order valence-electron chi connectivity index (χ4n) is 7.83. The normalized spacial score (nSPS) is 17.4. The predicted molar refractivity (Wildman–Crippen MR) is 206 cm³/mol. The lowest BCUT2D eigenvalue weighted by Gasteiger charge is -2.37. The monoisotopic (exact) mass is 718 g/mol. The molecule has 9 heteroatoms. The van der Waals surface area contributed by atoms with Crippen LogP contribution in [0.5, 0.6) is 11.5 Å². The quantitative estimate of drug-likeness (QED) is 0.124. The number of methoxy groups -OCH3 is 2. The first-order valence-corrected chi connectivity index (χ1v) is 17.7. The fourth-order valence-corrected chi connectivity index (χ4v) is 7.83. The molecule has 0 amide bonds. The van der Waals surface area contributed by atoms with E-state index in [2.05, 4.69) is 23.0 Å². The van der Waals surface area contributed by atoms with Crippen molar-refractivity contribution in [3.8, 4) is 46.1 Å². The Hall–Kier alpha value is -6.18. The Kier molecular flexibility index (Phi) is 9.26. The van der Waals surface area contributed by atoms with Crippen molar-refractivity contribution in [2.45, 2.75) is 36.9 Å². The van der Waals surface area contributed by atoms with Crippen molar-refractivity contribution < 1.29 is 24.1 Å². The van der Waals surface area contributed by atoms with Gasteiger partial charge in [0.05, 0.1) is 32.5 Å². The molecule has 1 fully saturated rings. The van der Waals surface area contributed by atoms with Crippen molar-refractivity contribution in [1.82, 2.24) is 9.55 Å². The standard InChI is InChI=1S/C45H38N2O7/c1-4-28-14-23-36-35-13-9-8-10-29(35)24-37(36)42(28)38-26-47(44(50)46-43(38)49)41-25-39(48)40(54-41)27-53-45(30-11-6-5-7-12-30,31-15-19-33(51-2)20-16-31)32-17-21-34(52-3)22-18-32/h1,5-23,26,39-41,48H,24-25,27H2,2-3H3,(H,46,49,50)/t39?,40-,41-/m0/s1. The Labute approximate surface area is 312 Å². The maximum atomic E-state index is 13.5. The van der Waals surface area contributed by atoms with Crippen LogP contribution < -0.4 is 20.7 Å². The van der Waals surface area contributed by atoms with E-state index < -0.39 is 35.3 Å². The van der Waals surface area contributed by atoms with Crippen LogP contribution in [0.15, 0.2) is 131 Å². The predicted octanol–water partition coefficient (Wildman–Crippen LogP) is 6.43. The summed E-state index contributed by atoms with van der Waals surface area (Å²) in [7, 11) is 3.23. The molecule has 9 nitrogen and oxygen atoms in total. The number of terminal acetylenes is 1. The topological polar surface area (TPSA) is 112 Å². The number of fused-ring (bicyclic) bond motifs is 3. The lowest BCUT2D eigenvalue weighted by atomic mass is 9.80. The van der Waals surface area contributed by atoms with Gasteiger partial charge in [-0.1, -0.05) is 90.8 Å². The van der Waals surface area contributed by atoms with Crippen LogP contribution in [0.4, 0.5) is 0 Å². The number of aliphatic hydroxyl groups excluding tert-OH is 1. The summed E-state index contributed by atoms with van der Waals surface area (Å²) in [6, 6.07) is 37.1. The minimum Gasteiger partial charge on any atom is -0.497 e. The number of nitrogens with zero attached hydrogens (tertiary/aromatic N) is 1. The SMILES string of the molecule is C#Cc1ccc2c(c1-c1cn([C@@H]3CC(O)[C@H](COC(c4ccccc4)(c4ccc(OC)cc4)c4ccc(OC)cc4)O3)c(=O)[nH]c1=O)Cc1ccccc1-2. The van der Waals surface area contributed by atoms with E-state index in [0.717, 1.165) is 38.9 Å². The number of rotatable bonds is 10. The second kappa shape index (κ2) is 14.3. The summed E-state index contributed by atoms with van der Waals surface area (Å²) >= 11 is 0. The summed E-state index contributed by atoms with van der Waals surface area (Å²) in [6.45, 7) is -0.0404. The zero-order valence-corrected chi connectivity index (χ0v) is 29.8. The molecule has 2 N–H and O–H groups in total. The van der Waals surface area contributed by atoms with E-state index in [1.54, 1.807) is 14.2 Å². The van der Waals surface area contributed by atoms with E-state index in [1.807, 2.05) is 103 Å². The summed E-state index contributed by atoms with van der Waals surface area (Å²) in [4.78, 5) is 29.4. The molecule has 6 aromatic rings. The van der Waals surface area contributed by atoms with Gasteiger partial charge in [0.25, 0.3) is 5.56 Å². The third-order valence-electron chi connectivity index (χ3n) is 10.5. The molecular weight excluding hydrogens is 681 g/mol. The van der Waals surface area contributed by atoms with E-state index in [1.165, 1.54) is 10.8 Å². The Morgan fingerprint density at radius 1 is 0.815 bits per heavy atom. The lowest BCUT2D eigenvalue weighted by molar-refractivity contribution is -0.0944. The lowest BCUT2D eigenvalue weighted by Crippen LogP contribution is -2.38. The Balaban J connectivity index is 1.15. The smallest absolute Gasteiger partial charge is 0.330 e. The Morgan fingerprint density at radius 2 is 1.44 bits per heavy atom. The number of aliphatic hydroxyl groups is 1. The van der Waals surface area contributed by atoms with Crippen LogP contribution in [0.25, 0.3) is 22.3 Å². The van der Waals surface area contributed by atoms with Gasteiger partial charge in [-0.15, -0.1) is 6.42 Å². The van der Waals surface area contributed by atoms with E-state index in [0.29, 0.717) is 29.0 Å². The van der Waals surface area contributed by atoms with Gasteiger partial charge in [-0.2, -0.15) is 0 Å². The molecule has 0 saturated carbocycles. The molecule has 0 spiro atoms. The van der Waals surface area contributed by atoms with Crippen LogP contribution in [0.1, 0.15) is 46.0 Å². The molecule has 5 aromatic carbocycles. The molecule has 2 aliphatic rings. The second-order valence-electron chi connectivity index (χ2n) is 13.4. The third-order valence-corrected chi connectivity index (χ3v) is 10.5. The largest absolute Gasteiger partial charge is 0.497 e. The molecule has 270 valence electrons. The Morgan fingerprint density at radius 3 is 2.09 bits per heavy atom. The van der Waals surface area contributed by atoms with Gasteiger partial charge in [-0.25, -0.2) is 4.79 Å². The minimum absolute atomic E-state index is 0.0404. The van der Waals surface area contributed by atoms with Gasteiger partial charge in [0.15, 0.2) is 0 Å². The van der Waals surface area contributed by atoms with Gasteiger partial charge >= 0.3 is 5.69 Å². The summed E-state index contributed by atoms with van der Waals surface area (Å²) in [5.74, 6) is 4.12. The van der Waals surface area contributed by atoms with Gasteiger partial charge in [0.1, 0.15) is 29.4 Å². The number of H-pyrrole nitrogens is 1. The zero-order chi connectivity index (χ0) is 37.4. The third kappa shape index (κ3) is 6.00. The number of hydrogen-bond acceptors (Lipinski definition) is 7. The van der Waals surface area contributed by atoms with E-state index in [9.17, 15) is 14.7 Å². The number of nitrogens with one attached hydrogen (secondary N) is 1. The van der Waals surface area contributed by atoms with Crippen LogP contribution in [0, 0.1) is 12.3 Å². The van der Waals surface area contributed by atoms with Gasteiger partial charge in [0, 0.05) is 23.7 Å². The van der Waals surface area contributed by atoms with Crippen molar-refractivity contribution in [2.75, 3.05) is 20.8 Å². The molecular formula is C45H38N2O7. The molecule has 8 rings (SSSR count). The summed E-state index contributed by atoms with van der Waals surface area (Å²) in [6.07, 6.45) is 5.45. The van der Waals surface area contributed by atoms with Crippen LogP contribution in [0.2, 0.25) is 0 Å². The van der Waals surface area contributed by atoms with Crippen LogP contribution in [-0.4, -0.2) is 47.7 Å². The van der Waals surface area contributed by atoms with Crippen LogP contribution in [-0.2, 0) is 21.5 Å². The van der Waals surface area contributed by atoms with Gasteiger partial charge in [0.2, 0.25) is 0 Å². The molecule has 1 unspecified atom stereocenters. The Bertz CT molecular complexity index is 2430. The van der Waals surface area contributed by atoms with E-state index >= 15 is 0 Å². The summed E-state index contributed by atoms with van der Waals surface area (Å²) in [5.41, 5.74) is 5.71. The molecule has 0 radical (unpaired) electrons. The van der Waals surface area contributed by atoms with Gasteiger partial charge in [-0.05, 0) is 75.7 Å². The molecule has 54 heavy (non-hydrogen) atoms. The molecule has 0 bridgehead atoms. The van der Waals surface area contributed by atoms with Gasteiger partial charge < -0.3 is 24.1 Å². The number of aromatic nitrogens is 2. The first-order valence-electron chi connectivity index (χ1n) is 17.7. The summed E-state index contributed by atoms with van der Waals surface area (Å²) in [5, 5.41) is 11.5. The minimum atomic E-state index is -1.14. The highest BCUT2D eigenvalue weighted by atomic mass is 16.6. The summed E-state index contributed by atoms with van der Waals surface area (Å²) < 4.78 is 25.7. The molecule has 1 saturated heterocycles. The molecule has 3 atom stereocenters. The number of hydrogen-bond donors (Lipinski definition) is 2. The first-order chi connectivity index (χ1) is 26.3. The molecule has 2 heterocycles. The second-order valence-corrected chi connectivity index (χ2v) is 13.4. The average molecular weight is 719 g/mol. The average Bonchev–Trinajstić information content (AvgIpc) is 3.78. The van der Waals surface area contributed by atoms with Gasteiger partial charge in [-0.3, -0.25) is 14.3 Å². The van der Waals surface area contributed by atoms with Crippen LogP contribution in [0.3, 0.4) is 0 Å². The van der Waals surface area contributed by atoms with Crippen molar-refractivity contribution in [2.24, 2.45) is 0 Å². The van der Waals surface area contributed by atoms with Crippen LogP contribution >= 0.6 is 0 Å². The highest BCUT2D eigenvalue weighted by Crippen LogP contribution is 2.44. The maximum Gasteiger partial charge on any atom is 0.330 e. The first kappa shape index (κ1) is 34.9. The van der Waals surface area contributed by atoms with Crippen molar-refractivity contribution in [3.05, 3.63) is 176 Å². The van der Waals surface area contributed by atoms with Crippen molar-refractivity contribution in [3.63, 3.8) is 0 Å². The van der Waals surface area contributed by atoms with E-state index in [-0.39, 0.29) is 18.6 Å². The van der Waals surface area contributed by atoms with E-state index in [4.69, 9.17) is 25.4 Å². The van der Waals surface area contributed by atoms with Crippen molar-refractivity contribution >= 4 is 0 Å².